The molecule has 1 aromatic carbocycles. The van der Waals surface area contributed by atoms with Gasteiger partial charge >= 0.3 is 0 Å². The zero-order valence-electron chi connectivity index (χ0n) is 12.8. The van der Waals surface area contributed by atoms with Crippen LogP contribution in [0.2, 0.25) is 5.02 Å². The molecule has 23 heavy (non-hydrogen) atoms. The quantitative estimate of drug-likeness (QED) is 0.938. The van der Waals surface area contributed by atoms with Gasteiger partial charge < -0.3 is 14.6 Å². The minimum Gasteiger partial charge on any atom is -0.451 e. The van der Waals surface area contributed by atoms with E-state index in [0.29, 0.717) is 16.5 Å². The van der Waals surface area contributed by atoms with Gasteiger partial charge in [-0.25, -0.2) is 0 Å². The molecule has 0 spiro atoms. The lowest BCUT2D eigenvalue weighted by Gasteiger charge is -2.30. The van der Waals surface area contributed by atoms with E-state index in [1.54, 1.807) is 6.07 Å². The van der Waals surface area contributed by atoms with E-state index in [2.05, 4.69) is 10.2 Å². The molecule has 1 amide bonds. The van der Waals surface area contributed by atoms with Crippen molar-refractivity contribution in [1.82, 2.24) is 10.2 Å². The third-order valence-electron chi connectivity index (χ3n) is 4.76. The van der Waals surface area contributed by atoms with Crippen molar-refractivity contribution in [3.05, 3.63) is 47.2 Å². The Morgan fingerprint density at radius 3 is 2.78 bits per heavy atom. The molecule has 1 unspecified atom stereocenters. The molecule has 4 nitrogen and oxygen atoms in total. The normalized spacial score (nSPS) is 26.2. The molecular weight excluding hydrogens is 312 g/mol. The summed E-state index contributed by atoms with van der Waals surface area (Å²) < 4.78 is 5.71. The molecule has 5 heteroatoms. The van der Waals surface area contributed by atoms with E-state index >= 15 is 0 Å². The summed E-state index contributed by atoms with van der Waals surface area (Å²) in [5, 5.41) is 3.80. The Morgan fingerprint density at radius 2 is 2.00 bits per heavy atom. The van der Waals surface area contributed by atoms with Crippen molar-refractivity contribution in [2.24, 2.45) is 5.92 Å². The van der Waals surface area contributed by atoms with Gasteiger partial charge in [-0.2, -0.15) is 0 Å². The second-order valence-electron chi connectivity index (χ2n) is 6.49. The monoisotopic (exact) mass is 330 g/mol. The molecular formula is C18H19ClN2O2. The highest BCUT2D eigenvalue weighted by Gasteiger charge is 2.33. The summed E-state index contributed by atoms with van der Waals surface area (Å²) in [5.41, 5.74) is 0.912. The van der Waals surface area contributed by atoms with Gasteiger partial charge in [0.05, 0.1) is 0 Å². The van der Waals surface area contributed by atoms with Crippen LogP contribution in [0.25, 0.3) is 11.3 Å². The van der Waals surface area contributed by atoms with E-state index in [0.717, 1.165) is 24.4 Å². The molecule has 3 heterocycles. The highest BCUT2D eigenvalue weighted by molar-refractivity contribution is 6.30. The number of piperidine rings is 1. The summed E-state index contributed by atoms with van der Waals surface area (Å²) >= 11 is 5.89. The molecule has 2 fully saturated rings. The largest absolute Gasteiger partial charge is 0.451 e. The van der Waals surface area contributed by atoms with Crippen molar-refractivity contribution in [3.8, 4) is 11.3 Å². The van der Waals surface area contributed by atoms with Gasteiger partial charge in [-0.3, -0.25) is 4.79 Å². The molecule has 0 radical (unpaired) electrons. The van der Waals surface area contributed by atoms with E-state index in [4.69, 9.17) is 16.0 Å². The van der Waals surface area contributed by atoms with Gasteiger partial charge in [0.15, 0.2) is 5.76 Å². The number of benzene rings is 1. The Kier molecular flexibility index (Phi) is 3.87. The average Bonchev–Trinajstić information content (AvgIpc) is 3.15. The van der Waals surface area contributed by atoms with Gasteiger partial charge in [-0.1, -0.05) is 11.6 Å². The number of hydrogen-bond donors (Lipinski definition) is 1. The van der Waals surface area contributed by atoms with Crippen molar-refractivity contribution in [1.29, 1.82) is 0 Å². The minimum absolute atomic E-state index is 0.127. The van der Waals surface area contributed by atoms with E-state index in [-0.39, 0.29) is 11.9 Å². The summed E-state index contributed by atoms with van der Waals surface area (Å²) in [7, 11) is 0. The first-order chi connectivity index (χ1) is 11.2. The number of furan rings is 1. The zero-order chi connectivity index (χ0) is 15.8. The van der Waals surface area contributed by atoms with E-state index in [1.807, 2.05) is 30.3 Å². The van der Waals surface area contributed by atoms with Crippen LogP contribution >= 0.6 is 11.6 Å². The first kappa shape index (κ1) is 14.8. The van der Waals surface area contributed by atoms with Gasteiger partial charge in [0.1, 0.15) is 5.76 Å². The van der Waals surface area contributed by atoms with Crippen molar-refractivity contribution in [2.45, 2.75) is 18.9 Å². The number of nitrogens with one attached hydrogen (secondary N) is 1. The molecule has 2 aliphatic heterocycles. The van der Waals surface area contributed by atoms with Gasteiger partial charge in [0.2, 0.25) is 0 Å². The van der Waals surface area contributed by atoms with Crippen LogP contribution in [-0.2, 0) is 0 Å². The van der Waals surface area contributed by atoms with Crippen LogP contribution in [0.15, 0.2) is 40.8 Å². The Balaban J connectivity index is 1.44. The smallest absolute Gasteiger partial charge is 0.287 e. The van der Waals surface area contributed by atoms with Gasteiger partial charge in [-0.05, 0) is 61.7 Å². The van der Waals surface area contributed by atoms with Crippen molar-refractivity contribution in [2.75, 3.05) is 19.6 Å². The molecule has 120 valence electrons. The molecule has 2 bridgehead atoms. The molecule has 3 atom stereocenters. The second kappa shape index (κ2) is 6.02. The topological polar surface area (TPSA) is 45.5 Å². The molecule has 1 N–H and O–H groups in total. The summed E-state index contributed by atoms with van der Waals surface area (Å²) in [5.74, 6) is 1.65. The lowest BCUT2D eigenvalue weighted by atomic mass is 9.97. The van der Waals surface area contributed by atoms with Crippen LogP contribution in [0, 0.1) is 5.92 Å². The molecule has 0 aliphatic carbocycles. The number of rotatable bonds is 3. The van der Waals surface area contributed by atoms with Crippen LogP contribution in [0.5, 0.6) is 0 Å². The highest BCUT2D eigenvalue weighted by atomic mass is 35.5. The van der Waals surface area contributed by atoms with Crippen molar-refractivity contribution < 1.29 is 9.21 Å². The molecule has 2 aromatic rings. The summed E-state index contributed by atoms with van der Waals surface area (Å²) in [4.78, 5) is 14.8. The maximum atomic E-state index is 12.4. The number of amides is 1. The number of carbonyl (C=O) groups excluding carboxylic acids is 1. The third kappa shape index (κ3) is 3.14. The summed E-state index contributed by atoms with van der Waals surface area (Å²) in [6, 6.07) is 11.2. The fourth-order valence-corrected chi connectivity index (χ4v) is 3.78. The standard InChI is InChI=1S/C18H19ClN2O2/c19-14-3-1-13(2-4-14)16-5-6-17(23-16)18(22)20-15-9-12-7-8-21(10-12)11-15/h1-6,12,15H,7-11H2,(H,20,22)/t12-,15+/m1/s1. The van der Waals surface area contributed by atoms with E-state index in [1.165, 1.54) is 19.5 Å². The number of carbonyl (C=O) groups is 1. The van der Waals surface area contributed by atoms with Gasteiger partial charge in [0, 0.05) is 29.7 Å². The van der Waals surface area contributed by atoms with Crippen molar-refractivity contribution in [3.63, 3.8) is 0 Å². The average molecular weight is 331 g/mol. The first-order valence-electron chi connectivity index (χ1n) is 8.06. The predicted molar refractivity (Wildman–Crippen MR) is 89.6 cm³/mol. The number of fused-ring (bicyclic) bond motifs is 2. The maximum absolute atomic E-state index is 12.4. The Hall–Kier alpha value is -1.78. The molecule has 1 aromatic heterocycles. The fourth-order valence-electron chi connectivity index (χ4n) is 3.65. The number of halogens is 1. The van der Waals surface area contributed by atoms with Crippen LogP contribution in [0.4, 0.5) is 0 Å². The molecule has 2 saturated heterocycles. The highest BCUT2D eigenvalue weighted by Crippen LogP contribution is 2.27. The number of nitrogens with zero attached hydrogens (tertiary/aromatic N) is 1. The maximum Gasteiger partial charge on any atom is 0.287 e. The van der Waals surface area contributed by atoms with Crippen molar-refractivity contribution >= 4 is 17.5 Å². The summed E-state index contributed by atoms with van der Waals surface area (Å²) in [6.07, 6.45) is 2.33. The van der Waals surface area contributed by atoms with Gasteiger partial charge in [0.25, 0.3) is 5.91 Å². The lowest BCUT2D eigenvalue weighted by molar-refractivity contribution is 0.0882. The second-order valence-corrected chi connectivity index (χ2v) is 6.93. The lowest BCUT2D eigenvalue weighted by Crippen LogP contribution is -2.46. The minimum atomic E-state index is -0.127. The molecule has 4 rings (SSSR count). The third-order valence-corrected chi connectivity index (χ3v) is 5.01. The summed E-state index contributed by atoms with van der Waals surface area (Å²) in [6.45, 7) is 3.30. The first-order valence-corrected chi connectivity index (χ1v) is 8.44. The fraction of sp³-hybridized carbons (Fsp3) is 0.389. The predicted octanol–water partition coefficient (Wildman–Crippen LogP) is 3.42. The van der Waals surface area contributed by atoms with Crippen LogP contribution in [0.1, 0.15) is 23.4 Å². The molecule has 0 saturated carbocycles. The molecule has 2 aliphatic rings. The van der Waals surface area contributed by atoms with Crippen LogP contribution < -0.4 is 5.32 Å². The Bertz CT molecular complexity index is 698. The Labute approximate surface area is 140 Å². The Morgan fingerprint density at radius 1 is 1.17 bits per heavy atom. The van der Waals surface area contributed by atoms with Crippen LogP contribution in [-0.4, -0.2) is 36.5 Å². The van der Waals surface area contributed by atoms with Crippen LogP contribution in [0.3, 0.4) is 0 Å². The van der Waals surface area contributed by atoms with E-state index < -0.39 is 0 Å². The van der Waals surface area contributed by atoms with E-state index in [9.17, 15) is 4.79 Å². The zero-order valence-corrected chi connectivity index (χ0v) is 13.6. The number of hydrogen-bond acceptors (Lipinski definition) is 3. The SMILES string of the molecule is O=C(N[C@H]1C[C@H]2CCN(C2)C1)c1ccc(-c2ccc(Cl)cc2)o1. The van der Waals surface area contributed by atoms with Gasteiger partial charge in [-0.15, -0.1) is 0 Å².